The van der Waals surface area contributed by atoms with Crippen molar-refractivity contribution in [2.24, 2.45) is 5.92 Å². The summed E-state index contributed by atoms with van der Waals surface area (Å²) in [5.41, 5.74) is 1.33. The maximum absolute atomic E-state index is 13.5. The molecule has 2 heterocycles. The second kappa shape index (κ2) is 7.62. The quantitative estimate of drug-likeness (QED) is 0.859. The molecule has 0 radical (unpaired) electrons. The van der Waals surface area contributed by atoms with Crippen LogP contribution in [0.15, 0.2) is 42.5 Å². The minimum atomic E-state index is -0.783. The highest BCUT2D eigenvalue weighted by atomic mass is 19.1. The van der Waals surface area contributed by atoms with Crippen molar-refractivity contribution < 1.29 is 23.2 Å². The van der Waals surface area contributed by atoms with Crippen molar-refractivity contribution in [1.29, 1.82) is 0 Å². The van der Waals surface area contributed by atoms with Crippen LogP contribution in [-0.4, -0.2) is 30.8 Å². The zero-order valence-corrected chi connectivity index (χ0v) is 15.5. The first-order chi connectivity index (χ1) is 13.9. The summed E-state index contributed by atoms with van der Waals surface area (Å²) in [7, 11) is 0. The maximum Gasteiger partial charge on any atom is 0.229 e. The average Bonchev–Trinajstić information content (AvgIpc) is 3.27. The van der Waals surface area contributed by atoms with Gasteiger partial charge in [-0.15, -0.1) is 0 Å². The lowest BCUT2D eigenvalue weighted by Crippen LogP contribution is -2.28. The van der Waals surface area contributed by atoms with Crippen molar-refractivity contribution in [3.63, 3.8) is 0 Å². The van der Waals surface area contributed by atoms with E-state index in [4.69, 9.17) is 0 Å². The monoisotopic (exact) mass is 399 g/mol. The van der Waals surface area contributed by atoms with Gasteiger partial charge >= 0.3 is 0 Å². The number of hydrogen-bond donors (Lipinski definition) is 1. The Morgan fingerprint density at radius 2 is 1.72 bits per heavy atom. The molecule has 0 bridgehead atoms. The molecule has 2 aromatic rings. The molecule has 29 heavy (non-hydrogen) atoms. The Kier molecular flexibility index (Phi) is 5.00. The number of carbonyl (C=O) groups is 3. The summed E-state index contributed by atoms with van der Waals surface area (Å²) in [5, 5.41) is 2.77. The third-order valence-electron chi connectivity index (χ3n) is 5.15. The molecule has 0 saturated carbocycles. The molecule has 2 aliphatic heterocycles. The third kappa shape index (κ3) is 3.96. The van der Waals surface area contributed by atoms with E-state index in [2.05, 4.69) is 5.32 Å². The predicted octanol–water partition coefficient (Wildman–Crippen LogP) is 3.08. The van der Waals surface area contributed by atoms with Crippen LogP contribution in [0.25, 0.3) is 0 Å². The van der Waals surface area contributed by atoms with Gasteiger partial charge in [-0.2, -0.15) is 0 Å². The van der Waals surface area contributed by atoms with E-state index in [0.717, 1.165) is 24.6 Å². The van der Waals surface area contributed by atoms with E-state index in [1.54, 1.807) is 29.2 Å². The standard InChI is InChI=1S/C21H19F2N3O3/c22-14-8-15(23)10-18(9-14)26-12-13(7-20(26)28)21(29)24-16-3-1-4-17(11-16)25-6-2-5-19(25)27/h1,3-4,8-11,13H,2,5-7,12H2,(H,24,29). The van der Waals surface area contributed by atoms with Gasteiger partial charge in [-0.25, -0.2) is 8.78 Å². The Labute approximate surface area is 166 Å². The highest BCUT2D eigenvalue weighted by Gasteiger charge is 2.35. The van der Waals surface area contributed by atoms with E-state index in [1.165, 1.54) is 4.90 Å². The van der Waals surface area contributed by atoms with Crippen molar-refractivity contribution in [3.8, 4) is 0 Å². The molecular weight excluding hydrogens is 380 g/mol. The van der Waals surface area contributed by atoms with Gasteiger partial charge in [-0.1, -0.05) is 6.07 Å². The lowest BCUT2D eigenvalue weighted by Gasteiger charge is -2.18. The molecule has 2 aliphatic rings. The second-order valence-electron chi connectivity index (χ2n) is 7.22. The normalized spacial score (nSPS) is 19.2. The number of nitrogens with zero attached hydrogens (tertiary/aromatic N) is 2. The van der Waals surface area contributed by atoms with Gasteiger partial charge in [-0.05, 0) is 36.8 Å². The van der Waals surface area contributed by atoms with E-state index in [9.17, 15) is 23.2 Å². The lowest BCUT2D eigenvalue weighted by atomic mass is 10.1. The first-order valence-electron chi connectivity index (χ1n) is 9.38. The van der Waals surface area contributed by atoms with Crippen LogP contribution in [0.1, 0.15) is 19.3 Å². The summed E-state index contributed by atoms with van der Waals surface area (Å²) in [6.07, 6.45) is 1.27. The summed E-state index contributed by atoms with van der Waals surface area (Å²) >= 11 is 0. The second-order valence-corrected chi connectivity index (χ2v) is 7.22. The van der Waals surface area contributed by atoms with Crippen LogP contribution in [0.3, 0.4) is 0 Å². The number of halogens is 2. The molecule has 0 aliphatic carbocycles. The lowest BCUT2D eigenvalue weighted by molar-refractivity contribution is -0.122. The highest BCUT2D eigenvalue weighted by Crippen LogP contribution is 2.28. The predicted molar refractivity (Wildman–Crippen MR) is 103 cm³/mol. The molecule has 8 heteroatoms. The van der Waals surface area contributed by atoms with Gasteiger partial charge in [0, 0.05) is 49.1 Å². The molecule has 2 saturated heterocycles. The van der Waals surface area contributed by atoms with Crippen molar-refractivity contribution >= 4 is 34.8 Å². The summed E-state index contributed by atoms with van der Waals surface area (Å²) in [4.78, 5) is 39.7. The number of amides is 3. The molecule has 1 atom stereocenters. The van der Waals surface area contributed by atoms with Gasteiger partial charge in [0.1, 0.15) is 11.6 Å². The summed E-state index contributed by atoms with van der Waals surface area (Å²) < 4.78 is 26.9. The zero-order chi connectivity index (χ0) is 20.5. The summed E-state index contributed by atoms with van der Waals surface area (Å²) in [5.74, 6) is -2.89. The van der Waals surface area contributed by atoms with Crippen LogP contribution in [-0.2, 0) is 14.4 Å². The smallest absolute Gasteiger partial charge is 0.229 e. The SMILES string of the molecule is O=C(Nc1cccc(N2CCCC2=O)c1)C1CC(=O)N(c2cc(F)cc(F)c2)C1. The summed E-state index contributed by atoms with van der Waals surface area (Å²) in [6.45, 7) is 0.685. The first kappa shape index (κ1) is 19.0. The average molecular weight is 399 g/mol. The minimum absolute atomic E-state index is 0.0395. The van der Waals surface area contributed by atoms with Crippen LogP contribution in [0.4, 0.5) is 25.8 Å². The van der Waals surface area contributed by atoms with Crippen LogP contribution in [0.2, 0.25) is 0 Å². The van der Waals surface area contributed by atoms with E-state index in [0.29, 0.717) is 24.3 Å². The fourth-order valence-electron chi connectivity index (χ4n) is 3.74. The van der Waals surface area contributed by atoms with Gasteiger partial charge < -0.3 is 15.1 Å². The van der Waals surface area contributed by atoms with Gasteiger partial charge in [0.2, 0.25) is 17.7 Å². The molecule has 150 valence electrons. The molecule has 3 amide bonds. The van der Waals surface area contributed by atoms with Crippen LogP contribution in [0, 0.1) is 17.6 Å². The van der Waals surface area contributed by atoms with Crippen molar-refractivity contribution in [2.75, 3.05) is 28.2 Å². The van der Waals surface area contributed by atoms with Crippen molar-refractivity contribution in [3.05, 3.63) is 54.1 Å². The fraction of sp³-hybridized carbons (Fsp3) is 0.286. The Hall–Kier alpha value is -3.29. The minimum Gasteiger partial charge on any atom is -0.326 e. The molecule has 0 spiro atoms. The molecule has 1 unspecified atom stereocenters. The molecular formula is C21H19F2N3O3. The van der Waals surface area contributed by atoms with E-state index >= 15 is 0 Å². The van der Waals surface area contributed by atoms with Crippen LogP contribution < -0.4 is 15.1 Å². The van der Waals surface area contributed by atoms with E-state index in [1.807, 2.05) is 0 Å². The van der Waals surface area contributed by atoms with Crippen molar-refractivity contribution in [2.45, 2.75) is 19.3 Å². The molecule has 6 nitrogen and oxygen atoms in total. The number of anilines is 3. The number of nitrogens with one attached hydrogen (secondary N) is 1. The maximum atomic E-state index is 13.5. The molecule has 1 N–H and O–H groups in total. The topological polar surface area (TPSA) is 69.7 Å². The van der Waals surface area contributed by atoms with Gasteiger partial charge in [-0.3, -0.25) is 14.4 Å². The van der Waals surface area contributed by atoms with E-state index in [-0.39, 0.29) is 36.4 Å². The zero-order valence-electron chi connectivity index (χ0n) is 15.5. The third-order valence-corrected chi connectivity index (χ3v) is 5.15. The Morgan fingerprint density at radius 1 is 0.966 bits per heavy atom. The van der Waals surface area contributed by atoms with Crippen molar-refractivity contribution in [1.82, 2.24) is 0 Å². The largest absolute Gasteiger partial charge is 0.326 e. The molecule has 0 aromatic heterocycles. The van der Waals surface area contributed by atoms with Gasteiger partial charge in [0.05, 0.1) is 5.92 Å². The molecule has 2 aromatic carbocycles. The van der Waals surface area contributed by atoms with Gasteiger partial charge in [0.15, 0.2) is 0 Å². The number of carbonyl (C=O) groups excluding carboxylic acids is 3. The molecule has 2 fully saturated rings. The number of hydrogen-bond acceptors (Lipinski definition) is 3. The first-order valence-corrected chi connectivity index (χ1v) is 9.38. The van der Waals surface area contributed by atoms with Crippen LogP contribution >= 0.6 is 0 Å². The van der Waals surface area contributed by atoms with Gasteiger partial charge in [0.25, 0.3) is 0 Å². The fourth-order valence-corrected chi connectivity index (χ4v) is 3.74. The Bertz CT molecular complexity index is 975. The Morgan fingerprint density at radius 3 is 2.41 bits per heavy atom. The highest BCUT2D eigenvalue weighted by molar-refractivity contribution is 6.04. The Balaban J connectivity index is 1.45. The molecule has 4 rings (SSSR count). The number of benzene rings is 2. The number of rotatable bonds is 4. The van der Waals surface area contributed by atoms with Crippen LogP contribution in [0.5, 0.6) is 0 Å². The van der Waals surface area contributed by atoms with E-state index < -0.39 is 17.6 Å². The summed E-state index contributed by atoms with van der Waals surface area (Å²) in [6, 6.07) is 9.84.